The number of para-hydroxylation sites is 2. The summed E-state index contributed by atoms with van der Waals surface area (Å²) in [6.45, 7) is 0. The minimum Gasteiger partial charge on any atom is -0.377 e. The average molecular weight is 337 g/mol. The van der Waals surface area contributed by atoms with E-state index in [1.165, 1.54) is 17.1 Å². The van der Waals surface area contributed by atoms with Gasteiger partial charge in [0, 0.05) is 17.7 Å². The minimum atomic E-state index is -0.478. The van der Waals surface area contributed by atoms with Crippen molar-refractivity contribution in [1.82, 2.24) is 9.66 Å². The maximum Gasteiger partial charge on any atom is 0.293 e. The molecule has 8 heteroatoms. The first kappa shape index (κ1) is 15.1. The number of fused-ring (bicyclic) bond motifs is 1. The summed E-state index contributed by atoms with van der Waals surface area (Å²) in [5.74, 6) is -0.441. The predicted molar refractivity (Wildman–Crippen MR) is 93.2 cm³/mol. The normalized spacial score (nSPS) is 13.6. The fourth-order valence-electron chi connectivity index (χ4n) is 2.62. The third-order valence-corrected chi connectivity index (χ3v) is 4.07. The first-order valence-electron chi connectivity index (χ1n) is 7.90. The van der Waals surface area contributed by atoms with Crippen molar-refractivity contribution in [2.45, 2.75) is 18.9 Å². The molecule has 1 aliphatic rings. The van der Waals surface area contributed by atoms with Gasteiger partial charge in [0.05, 0.1) is 16.0 Å². The van der Waals surface area contributed by atoms with Crippen LogP contribution in [0.25, 0.3) is 11.0 Å². The SMILES string of the molecule is O=C(Nn1cnc2ccccc21)c1ccc(NC2CC2)c([N+](=O)[O-])c1. The van der Waals surface area contributed by atoms with Crippen LogP contribution in [-0.2, 0) is 0 Å². The second kappa shape index (κ2) is 5.90. The molecular weight excluding hydrogens is 322 g/mol. The van der Waals surface area contributed by atoms with Gasteiger partial charge in [-0.25, -0.2) is 9.66 Å². The molecule has 1 aliphatic carbocycles. The number of nitro groups is 1. The van der Waals surface area contributed by atoms with Crippen molar-refractivity contribution in [3.8, 4) is 0 Å². The molecule has 0 atom stereocenters. The molecule has 0 bridgehead atoms. The molecule has 2 N–H and O–H groups in total. The van der Waals surface area contributed by atoms with Crippen molar-refractivity contribution < 1.29 is 9.72 Å². The molecule has 0 spiro atoms. The van der Waals surface area contributed by atoms with Gasteiger partial charge in [0.25, 0.3) is 11.6 Å². The van der Waals surface area contributed by atoms with E-state index in [0.29, 0.717) is 5.69 Å². The summed E-state index contributed by atoms with van der Waals surface area (Å²) in [7, 11) is 0. The van der Waals surface area contributed by atoms with Gasteiger partial charge in [0.1, 0.15) is 12.0 Å². The number of nitro benzene ring substituents is 1. The zero-order valence-corrected chi connectivity index (χ0v) is 13.2. The van der Waals surface area contributed by atoms with E-state index in [2.05, 4.69) is 15.7 Å². The Balaban J connectivity index is 1.61. The summed E-state index contributed by atoms with van der Waals surface area (Å²) < 4.78 is 1.50. The van der Waals surface area contributed by atoms with E-state index in [4.69, 9.17) is 0 Å². The van der Waals surface area contributed by atoms with E-state index in [9.17, 15) is 14.9 Å². The van der Waals surface area contributed by atoms with Crippen molar-refractivity contribution in [3.63, 3.8) is 0 Å². The zero-order valence-electron chi connectivity index (χ0n) is 13.2. The van der Waals surface area contributed by atoms with Gasteiger partial charge in [0.2, 0.25) is 0 Å². The van der Waals surface area contributed by atoms with E-state index in [0.717, 1.165) is 23.9 Å². The fraction of sp³-hybridized carbons (Fsp3) is 0.176. The molecule has 0 saturated heterocycles. The topological polar surface area (TPSA) is 102 Å². The Labute approximate surface area is 142 Å². The average Bonchev–Trinajstić information content (AvgIpc) is 3.34. The number of rotatable bonds is 5. The van der Waals surface area contributed by atoms with Gasteiger partial charge in [-0.15, -0.1) is 0 Å². The Bertz CT molecular complexity index is 977. The molecule has 3 aromatic rings. The number of nitrogens with zero attached hydrogens (tertiary/aromatic N) is 3. The zero-order chi connectivity index (χ0) is 17.4. The van der Waals surface area contributed by atoms with Crippen LogP contribution in [0.15, 0.2) is 48.8 Å². The summed E-state index contributed by atoms with van der Waals surface area (Å²) in [6, 6.07) is 12.1. The highest BCUT2D eigenvalue weighted by Gasteiger charge is 2.25. The van der Waals surface area contributed by atoms with Crippen LogP contribution in [0, 0.1) is 10.1 Å². The molecule has 4 rings (SSSR count). The Morgan fingerprint density at radius 3 is 2.80 bits per heavy atom. The first-order chi connectivity index (χ1) is 12.1. The summed E-state index contributed by atoms with van der Waals surface area (Å²) in [6.07, 6.45) is 3.51. The molecule has 126 valence electrons. The van der Waals surface area contributed by atoms with Crippen LogP contribution in [0.3, 0.4) is 0 Å². The van der Waals surface area contributed by atoms with Gasteiger partial charge in [-0.1, -0.05) is 12.1 Å². The Kier molecular flexibility index (Phi) is 3.57. The molecule has 2 aromatic carbocycles. The third-order valence-electron chi connectivity index (χ3n) is 4.07. The van der Waals surface area contributed by atoms with E-state index < -0.39 is 10.8 Å². The highest BCUT2D eigenvalue weighted by atomic mass is 16.6. The maximum atomic E-state index is 12.5. The number of amides is 1. The second-order valence-electron chi connectivity index (χ2n) is 5.95. The fourth-order valence-corrected chi connectivity index (χ4v) is 2.62. The number of aromatic nitrogens is 2. The molecular formula is C17H15N5O3. The number of benzene rings is 2. The molecule has 0 aliphatic heterocycles. The van der Waals surface area contributed by atoms with Crippen LogP contribution in [0.1, 0.15) is 23.2 Å². The lowest BCUT2D eigenvalue weighted by Crippen LogP contribution is -2.22. The number of anilines is 1. The van der Waals surface area contributed by atoms with E-state index in [1.54, 1.807) is 12.1 Å². The molecule has 1 aromatic heterocycles. The van der Waals surface area contributed by atoms with Crippen LogP contribution in [0.2, 0.25) is 0 Å². The van der Waals surface area contributed by atoms with Crippen LogP contribution in [0.4, 0.5) is 11.4 Å². The van der Waals surface area contributed by atoms with Crippen LogP contribution >= 0.6 is 0 Å². The van der Waals surface area contributed by atoms with Crippen molar-refractivity contribution >= 4 is 28.3 Å². The van der Waals surface area contributed by atoms with Crippen molar-refractivity contribution in [2.24, 2.45) is 0 Å². The molecule has 0 unspecified atom stereocenters. The lowest BCUT2D eigenvalue weighted by atomic mass is 10.1. The summed E-state index contributed by atoms with van der Waals surface area (Å²) in [4.78, 5) is 27.5. The molecule has 0 radical (unpaired) electrons. The molecule has 1 saturated carbocycles. The molecule has 8 nitrogen and oxygen atoms in total. The van der Waals surface area contributed by atoms with Crippen molar-refractivity contribution in [3.05, 3.63) is 64.5 Å². The maximum absolute atomic E-state index is 12.5. The number of carbonyl (C=O) groups is 1. The Morgan fingerprint density at radius 2 is 2.04 bits per heavy atom. The van der Waals surface area contributed by atoms with Gasteiger partial charge in [-0.2, -0.15) is 0 Å². The highest BCUT2D eigenvalue weighted by molar-refractivity contribution is 6.01. The van der Waals surface area contributed by atoms with Gasteiger partial charge in [-0.3, -0.25) is 20.3 Å². The first-order valence-corrected chi connectivity index (χ1v) is 7.90. The lowest BCUT2D eigenvalue weighted by molar-refractivity contribution is -0.384. The molecule has 1 fully saturated rings. The number of carbonyl (C=O) groups excluding carboxylic acids is 1. The van der Waals surface area contributed by atoms with Crippen LogP contribution < -0.4 is 10.7 Å². The summed E-state index contributed by atoms with van der Waals surface area (Å²) >= 11 is 0. The number of imidazole rings is 1. The quantitative estimate of drug-likeness (QED) is 0.550. The third kappa shape index (κ3) is 3.01. The van der Waals surface area contributed by atoms with Crippen molar-refractivity contribution in [1.29, 1.82) is 0 Å². The van der Waals surface area contributed by atoms with E-state index in [1.807, 2.05) is 24.3 Å². The van der Waals surface area contributed by atoms with Gasteiger partial charge < -0.3 is 5.32 Å². The van der Waals surface area contributed by atoms with Crippen LogP contribution in [-0.4, -0.2) is 26.5 Å². The number of hydrogen-bond acceptors (Lipinski definition) is 5. The number of nitrogens with one attached hydrogen (secondary N) is 2. The van der Waals surface area contributed by atoms with Gasteiger partial charge in [0.15, 0.2) is 0 Å². The van der Waals surface area contributed by atoms with Gasteiger partial charge >= 0.3 is 0 Å². The standard InChI is InChI=1S/C17H15N5O3/c23-17(20-21-10-18-13-3-1-2-4-15(13)21)11-5-8-14(19-12-6-7-12)16(9-11)22(24)25/h1-5,8-10,12,19H,6-7H2,(H,20,23). The lowest BCUT2D eigenvalue weighted by Gasteiger charge is -2.09. The van der Waals surface area contributed by atoms with Crippen molar-refractivity contribution in [2.75, 3.05) is 10.7 Å². The number of hydrogen-bond donors (Lipinski definition) is 2. The smallest absolute Gasteiger partial charge is 0.293 e. The molecule has 1 heterocycles. The Hall–Kier alpha value is -3.42. The van der Waals surface area contributed by atoms with E-state index in [-0.39, 0.29) is 17.3 Å². The predicted octanol–water partition coefficient (Wildman–Crippen LogP) is 2.90. The monoisotopic (exact) mass is 337 g/mol. The molecule has 1 amide bonds. The largest absolute Gasteiger partial charge is 0.377 e. The Morgan fingerprint density at radius 1 is 1.24 bits per heavy atom. The second-order valence-corrected chi connectivity index (χ2v) is 5.95. The minimum absolute atomic E-state index is 0.102. The molecule has 25 heavy (non-hydrogen) atoms. The summed E-state index contributed by atoms with van der Waals surface area (Å²) in [5, 5.41) is 14.4. The summed E-state index contributed by atoms with van der Waals surface area (Å²) in [5.41, 5.74) is 4.74. The van der Waals surface area contributed by atoms with Crippen LogP contribution in [0.5, 0.6) is 0 Å². The van der Waals surface area contributed by atoms with E-state index >= 15 is 0 Å². The van der Waals surface area contributed by atoms with Gasteiger partial charge in [-0.05, 0) is 37.1 Å². The highest BCUT2D eigenvalue weighted by Crippen LogP contribution is 2.31.